The summed E-state index contributed by atoms with van der Waals surface area (Å²) < 4.78 is 2.17. The van der Waals surface area contributed by atoms with Crippen molar-refractivity contribution in [2.75, 3.05) is 51.1 Å². The van der Waals surface area contributed by atoms with Crippen LogP contribution < -0.4 is 5.32 Å². The minimum absolute atomic E-state index is 0. The maximum absolute atomic E-state index is 4.87. The number of rotatable bonds is 13. The van der Waals surface area contributed by atoms with Crippen molar-refractivity contribution in [3.63, 3.8) is 0 Å². The Morgan fingerprint density at radius 3 is 2.04 bits per heavy atom. The Kier molecular flexibility index (Phi) is 14.4. The fourth-order valence-corrected chi connectivity index (χ4v) is 3.46. The molecule has 0 spiro atoms. The predicted molar refractivity (Wildman–Crippen MR) is 128 cm³/mol. The first-order valence-electron chi connectivity index (χ1n) is 10.4. The summed E-state index contributed by atoms with van der Waals surface area (Å²) in [5.74, 6) is 1.03. The molecule has 0 aliphatic heterocycles. The lowest BCUT2D eigenvalue weighted by Gasteiger charge is -2.17. The van der Waals surface area contributed by atoms with Crippen molar-refractivity contribution in [3.05, 3.63) is 24.3 Å². The number of aromatic nitrogens is 2. The summed E-state index contributed by atoms with van der Waals surface area (Å²) in [5, 5.41) is 9.67. The number of para-hydroxylation sites is 1. The zero-order valence-electron chi connectivity index (χ0n) is 18.0. The third-order valence-corrected chi connectivity index (χ3v) is 5.23. The molecule has 162 valence electrons. The smallest absolute Gasteiger partial charge is 0.155 e. The summed E-state index contributed by atoms with van der Waals surface area (Å²) in [7, 11) is 0. The molecule has 7 heteroatoms. The molecule has 0 aliphatic rings. The lowest BCUT2D eigenvalue weighted by Crippen LogP contribution is -2.25. The fourth-order valence-electron chi connectivity index (χ4n) is 3.46. The molecule has 5 nitrogen and oxygen atoms in total. The number of anilines is 1. The molecule has 1 aromatic heterocycles. The van der Waals surface area contributed by atoms with Crippen LogP contribution in [0, 0.1) is 0 Å². The quantitative estimate of drug-likeness (QED) is 0.463. The second-order valence-corrected chi connectivity index (χ2v) is 6.78. The molecule has 28 heavy (non-hydrogen) atoms. The largest absolute Gasteiger partial charge is 0.368 e. The van der Waals surface area contributed by atoms with Crippen molar-refractivity contribution < 1.29 is 0 Å². The molecule has 2 aromatic rings. The Hall–Kier alpha value is -1.01. The Morgan fingerprint density at radius 1 is 0.857 bits per heavy atom. The molecular weight excluding hydrogens is 393 g/mol. The summed E-state index contributed by atoms with van der Waals surface area (Å²) >= 11 is 0. The van der Waals surface area contributed by atoms with E-state index in [0.717, 1.165) is 71.0 Å². The van der Waals surface area contributed by atoms with Crippen LogP contribution in [0.5, 0.6) is 0 Å². The van der Waals surface area contributed by atoms with Gasteiger partial charge in [0, 0.05) is 18.5 Å². The van der Waals surface area contributed by atoms with Crippen molar-refractivity contribution in [2.45, 2.75) is 47.1 Å². The molecule has 1 N–H and O–H groups in total. The van der Waals surface area contributed by atoms with Crippen LogP contribution >= 0.6 is 24.8 Å². The topological polar surface area (TPSA) is 36.3 Å². The molecule has 0 fully saturated rings. The van der Waals surface area contributed by atoms with Crippen LogP contribution in [0.4, 0.5) is 5.82 Å². The van der Waals surface area contributed by atoms with Crippen LogP contribution in [-0.4, -0.2) is 65.4 Å². The van der Waals surface area contributed by atoms with Gasteiger partial charge in [-0.3, -0.25) is 4.68 Å². The van der Waals surface area contributed by atoms with E-state index in [1.54, 1.807) is 0 Å². The van der Waals surface area contributed by atoms with E-state index >= 15 is 0 Å². The molecule has 0 bridgehead atoms. The van der Waals surface area contributed by atoms with Gasteiger partial charge in [0.15, 0.2) is 5.82 Å². The maximum Gasteiger partial charge on any atom is 0.155 e. The Morgan fingerprint density at radius 2 is 1.43 bits per heavy atom. The minimum atomic E-state index is 0. The first-order chi connectivity index (χ1) is 12.7. The van der Waals surface area contributed by atoms with Crippen LogP contribution in [0.2, 0.25) is 0 Å². The van der Waals surface area contributed by atoms with Gasteiger partial charge in [-0.15, -0.1) is 24.8 Å². The Labute approximate surface area is 183 Å². The molecule has 0 saturated carbocycles. The molecule has 2 rings (SSSR count). The molecule has 0 radical (unpaired) electrons. The number of nitrogens with zero attached hydrogens (tertiary/aromatic N) is 4. The van der Waals surface area contributed by atoms with Gasteiger partial charge in [-0.1, -0.05) is 39.8 Å². The van der Waals surface area contributed by atoms with Crippen molar-refractivity contribution in [1.82, 2.24) is 19.6 Å². The van der Waals surface area contributed by atoms with Crippen molar-refractivity contribution in [3.8, 4) is 0 Å². The van der Waals surface area contributed by atoms with E-state index in [-0.39, 0.29) is 24.8 Å². The van der Waals surface area contributed by atoms with Crippen LogP contribution in [0.1, 0.15) is 40.5 Å². The van der Waals surface area contributed by atoms with Gasteiger partial charge in [-0.05, 0) is 64.2 Å². The van der Waals surface area contributed by atoms with E-state index in [1.165, 1.54) is 10.9 Å². The predicted octanol–water partition coefficient (Wildman–Crippen LogP) is 4.76. The van der Waals surface area contributed by atoms with Crippen molar-refractivity contribution in [1.29, 1.82) is 0 Å². The number of halogens is 2. The first-order valence-corrected chi connectivity index (χ1v) is 10.4. The van der Waals surface area contributed by atoms with Crippen LogP contribution in [0.15, 0.2) is 24.3 Å². The molecular formula is C21H39Cl2N5. The van der Waals surface area contributed by atoms with Gasteiger partial charge >= 0.3 is 0 Å². The van der Waals surface area contributed by atoms with E-state index < -0.39 is 0 Å². The maximum atomic E-state index is 4.87. The van der Waals surface area contributed by atoms with Crippen LogP contribution in [-0.2, 0) is 6.54 Å². The average Bonchev–Trinajstić information content (AvgIpc) is 3.03. The molecule has 0 atom stereocenters. The number of fused-ring (bicyclic) bond motifs is 1. The third-order valence-electron chi connectivity index (χ3n) is 5.23. The lowest BCUT2D eigenvalue weighted by atomic mass is 10.2. The SMILES string of the molecule is CCN(CC)CCCNc1nn(CCCN(CC)CC)c2ccccc12.Cl.Cl. The van der Waals surface area contributed by atoms with Gasteiger partial charge in [-0.2, -0.15) is 5.10 Å². The monoisotopic (exact) mass is 431 g/mol. The minimum Gasteiger partial charge on any atom is -0.368 e. The Bertz CT molecular complexity index is 639. The van der Waals surface area contributed by atoms with E-state index in [1.807, 2.05) is 0 Å². The lowest BCUT2D eigenvalue weighted by molar-refractivity contribution is 0.292. The van der Waals surface area contributed by atoms with Gasteiger partial charge < -0.3 is 15.1 Å². The number of nitrogens with one attached hydrogen (secondary N) is 1. The molecule has 0 amide bonds. The van der Waals surface area contributed by atoms with Crippen molar-refractivity contribution >= 4 is 41.5 Å². The van der Waals surface area contributed by atoms with E-state index in [2.05, 4.69) is 71.8 Å². The van der Waals surface area contributed by atoms with E-state index in [4.69, 9.17) is 5.10 Å². The number of benzene rings is 1. The van der Waals surface area contributed by atoms with E-state index in [9.17, 15) is 0 Å². The summed E-state index contributed by atoms with van der Waals surface area (Å²) in [5.41, 5.74) is 1.23. The third kappa shape index (κ3) is 7.78. The highest BCUT2D eigenvalue weighted by Crippen LogP contribution is 2.23. The summed E-state index contributed by atoms with van der Waals surface area (Å²) in [4.78, 5) is 4.93. The number of aryl methyl sites for hydroxylation is 1. The van der Waals surface area contributed by atoms with Crippen molar-refractivity contribution in [2.24, 2.45) is 0 Å². The highest BCUT2D eigenvalue weighted by molar-refractivity contribution is 5.90. The molecule has 1 heterocycles. The highest BCUT2D eigenvalue weighted by atomic mass is 35.5. The second-order valence-electron chi connectivity index (χ2n) is 6.78. The second kappa shape index (κ2) is 14.9. The van der Waals surface area contributed by atoms with Gasteiger partial charge in [0.25, 0.3) is 0 Å². The van der Waals surface area contributed by atoms with Gasteiger partial charge in [-0.25, -0.2) is 0 Å². The summed E-state index contributed by atoms with van der Waals surface area (Å²) in [6.07, 6.45) is 2.28. The average molecular weight is 432 g/mol. The molecule has 0 aliphatic carbocycles. The highest BCUT2D eigenvalue weighted by Gasteiger charge is 2.10. The molecule has 1 aromatic carbocycles. The van der Waals surface area contributed by atoms with Crippen LogP contribution in [0.3, 0.4) is 0 Å². The van der Waals surface area contributed by atoms with Gasteiger partial charge in [0.1, 0.15) is 0 Å². The number of hydrogen-bond acceptors (Lipinski definition) is 4. The summed E-state index contributed by atoms with van der Waals surface area (Å²) in [6, 6.07) is 8.57. The van der Waals surface area contributed by atoms with Gasteiger partial charge in [0.05, 0.1) is 5.52 Å². The van der Waals surface area contributed by atoms with Gasteiger partial charge in [0.2, 0.25) is 0 Å². The molecule has 0 saturated heterocycles. The normalized spacial score (nSPS) is 10.9. The first kappa shape index (κ1) is 27.0. The Balaban J connectivity index is 0.00000364. The zero-order chi connectivity index (χ0) is 18.8. The fraction of sp³-hybridized carbons (Fsp3) is 0.667. The van der Waals surface area contributed by atoms with E-state index in [0.29, 0.717) is 0 Å². The molecule has 0 unspecified atom stereocenters. The number of hydrogen-bond donors (Lipinski definition) is 1. The standard InChI is InChI=1S/C21H37N5.2ClH/c1-5-24(6-2)16-11-15-22-21-19-13-9-10-14-20(19)26(23-21)18-12-17-25(7-3)8-4;;/h9-10,13-14H,5-8,11-12,15-18H2,1-4H3,(H,22,23);2*1H. The zero-order valence-corrected chi connectivity index (χ0v) is 19.6. The summed E-state index contributed by atoms with van der Waals surface area (Å²) in [6.45, 7) is 17.6. The van der Waals surface area contributed by atoms with Crippen LogP contribution in [0.25, 0.3) is 10.9 Å².